The highest BCUT2D eigenvalue weighted by Gasteiger charge is 2.49. The van der Waals surface area contributed by atoms with Crippen LogP contribution >= 0.6 is 11.6 Å². The highest BCUT2D eigenvalue weighted by molar-refractivity contribution is 6.31. The molecular formula is C16H16ClN3O2. The number of amides is 1. The van der Waals surface area contributed by atoms with E-state index in [4.69, 9.17) is 11.6 Å². The first kappa shape index (κ1) is 14.9. The quantitative estimate of drug-likeness (QED) is 0.939. The molecular weight excluding hydrogens is 302 g/mol. The number of hydrogen-bond acceptors (Lipinski definition) is 4. The normalized spacial score (nSPS) is 20.3. The lowest BCUT2D eigenvalue weighted by molar-refractivity contribution is -0.136. The van der Waals surface area contributed by atoms with Crippen LogP contribution in [0.1, 0.15) is 24.6 Å². The van der Waals surface area contributed by atoms with Crippen molar-refractivity contribution in [2.24, 2.45) is 0 Å². The average molecular weight is 318 g/mol. The molecule has 2 heterocycles. The Kier molecular flexibility index (Phi) is 3.85. The summed E-state index contributed by atoms with van der Waals surface area (Å²) >= 11 is 6.06. The molecule has 0 radical (unpaired) electrons. The van der Waals surface area contributed by atoms with Gasteiger partial charge in [-0.2, -0.15) is 0 Å². The van der Waals surface area contributed by atoms with Crippen molar-refractivity contribution in [1.29, 1.82) is 0 Å². The number of carbonyl (C=O) groups excluding carboxylic acids is 1. The molecule has 1 atom stereocenters. The second-order valence-electron chi connectivity index (χ2n) is 5.35. The van der Waals surface area contributed by atoms with Gasteiger partial charge in [-0.25, -0.2) is 0 Å². The average Bonchev–Trinajstić information content (AvgIpc) is 2.71. The van der Waals surface area contributed by atoms with Crippen LogP contribution in [0.3, 0.4) is 0 Å². The van der Waals surface area contributed by atoms with E-state index in [0.717, 1.165) is 6.42 Å². The number of hydrogen-bond donors (Lipinski definition) is 1. The van der Waals surface area contributed by atoms with E-state index in [9.17, 15) is 9.90 Å². The Morgan fingerprint density at radius 3 is 2.86 bits per heavy atom. The van der Waals surface area contributed by atoms with Crippen LogP contribution in [-0.4, -0.2) is 27.5 Å². The molecule has 1 aromatic carbocycles. The lowest BCUT2D eigenvalue weighted by Crippen LogP contribution is -2.42. The Labute approximate surface area is 133 Å². The Morgan fingerprint density at radius 2 is 2.18 bits per heavy atom. The van der Waals surface area contributed by atoms with E-state index < -0.39 is 5.60 Å². The van der Waals surface area contributed by atoms with Crippen molar-refractivity contribution in [3.63, 3.8) is 0 Å². The van der Waals surface area contributed by atoms with Gasteiger partial charge in [-0.3, -0.25) is 14.8 Å². The van der Waals surface area contributed by atoms with Gasteiger partial charge in [-0.15, -0.1) is 0 Å². The number of fused-ring (bicyclic) bond motifs is 1. The fourth-order valence-electron chi connectivity index (χ4n) is 2.82. The maximum Gasteiger partial charge on any atom is 0.264 e. The zero-order valence-electron chi connectivity index (χ0n) is 12.2. The largest absolute Gasteiger partial charge is 0.375 e. The molecule has 0 aliphatic carbocycles. The number of anilines is 1. The highest BCUT2D eigenvalue weighted by atomic mass is 35.5. The molecule has 0 saturated heterocycles. The molecule has 0 spiro atoms. The molecule has 1 amide bonds. The molecule has 2 aromatic rings. The smallest absolute Gasteiger partial charge is 0.264 e. The summed E-state index contributed by atoms with van der Waals surface area (Å²) in [6.07, 6.45) is 5.53. The van der Waals surface area contributed by atoms with Crippen molar-refractivity contribution in [1.82, 2.24) is 9.97 Å². The topological polar surface area (TPSA) is 66.3 Å². The van der Waals surface area contributed by atoms with E-state index in [1.54, 1.807) is 41.7 Å². The van der Waals surface area contributed by atoms with Crippen molar-refractivity contribution in [3.05, 3.63) is 53.1 Å². The summed E-state index contributed by atoms with van der Waals surface area (Å²) in [5, 5.41) is 11.6. The van der Waals surface area contributed by atoms with Crippen molar-refractivity contribution in [2.45, 2.75) is 25.4 Å². The second kappa shape index (κ2) is 5.66. The lowest BCUT2D eigenvalue weighted by Gasteiger charge is -2.22. The number of rotatable bonds is 4. The van der Waals surface area contributed by atoms with E-state index in [0.29, 0.717) is 28.5 Å². The van der Waals surface area contributed by atoms with Crippen LogP contribution in [0.4, 0.5) is 5.69 Å². The highest BCUT2D eigenvalue weighted by Crippen LogP contribution is 2.43. The predicted molar refractivity (Wildman–Crippen MR) is 83.7 cm³/mol. The van der Waals surface area contributed by atoms with Gasteiger partial charge in [0.2, 0.25) is 0 Å². The van der Waals surface area contributed by atoms with Crippen molar-refractivity contribution < 1.29 is 9.90 Å². The maximum atomic E-state index is 12.8. The van der Waals surface area contributed by atoms with Gasteiger partial charge in [0.1, 0.15) is 0 Å². The summed E-state index contributed by atoms with van der Waals surface area (Å²) in [6, 6.07) is 5.16. The van der Waals surface area contributed by atoms with Crippen LogP contribution in [-0.2, 0) is 16.8 Å². The van der Waals surface area contributed by atoms with Gasteiger partial charge in [0.05, 0.1) is 11.4 Å². The van der Waals surface area contributed by atoms with Crippen LogP contribution < -0.4 is 4.90 Å². The molecule has 1 aromatic heterocycles. The summed E-state index contributed by atoms with van der Waals surface area (Å²) < 4.78 is 0. The number of halogens is 1. The first-order chi connectivity index (χ1) is 10.6. The van der Waals surface area contributed by atoms with Crippen LogP contribution in [0, 0.1) is 0 Å². The van der Waals surface area contributed by atoms with E-state index in [-0.39, 0.29) is 12.3 Å². The minimum Gasteiger partial charge on any atom is -0.375 e. The number of nitrogens with zero attached hydrogens (tertiary/aromatic N) is 3. The fourth-order valence-corrected chi connectivity index (χ4v) is 2.99. The Balaban J connectivity index is 2.07. The van der Waals surface area contributed by atoms with Gasteiger partial charge in [0, 0.05) is 42.1 Å². The molecule has 114 valence electrons. The van der Waals surface area contributed by atoms with Gasteiger partial charge < -0.3 is 10.0 Å². The minimum atomic E-state index is -1.65. The van der Waals surface area contributed by atoms with Crippen molar-refractivity contribution >= 4 is 23.2 Å². The van der Waals surface area contributed by atoms with Gasteiger partial charge in [-0.1, -0.05) is 18.5 Å². The Morgan fingerprint density at radius 1 is 1.36 bits per heavy atom. The standard InChI is InChI=1S/C16H16ClN3O2/c1-2-7-20-14-4-3-11(17)8-13(14)16(22,15(20)21)9-12-10-18-5-6-19-12/h3-6,8,10,22H,2,7,9H2,1H3. The summed E-state index contributed by atoms with van der Waals surface area (Å²) in [5.74, 6) is -0.336. The fraction of sp³-hybridized carbons (Fsp3) is 0.312. The summed E-state index contributed by atoms with van der Waals surface area (Å²) in [4.78, 5) is 22.5. The van der Waals surface area contributed by atoms with Crippen LogP contribution in [0.25, 0.3) is 0 Å². The van der Waals surface area contributed by atoms with Crippen LogP contribution in [0.2, 0.25) is 5.02 Å². The molecule has 1 aliphatic heterocycles. The molecule has 6 heteroatoms. The Hall–Kier alpha value is -1.98. The first-order valence-corrected chi connectivity index (χ1v) is 7.53. The number of aromatic nitrogens is 2. The van der Waals surface area contributed by atoms with E-state index >= 15 is 0 Å². The molecule has 1 aliphatic rings. The molecule has 5 nitrogen and oxygen atoms in total. The zero-order valence-corrected chi connectivity index (χ0v) is 12.9. The van der Waals surface area contributed by atoms with Gasteiger partial charge in [0.15, 0.2) is 5.60 Å². The van der Waals surface area contributed by atoms with E-state index in [2.05, 4.69) is 9.97 Å². The van der Waals surface area contributed by atoms with Crippen molar-refractivity contribution in [2.75, 3.05) is 11.4 Å². The number of aliphatic hydroxyl groups is 1. The van der Waals surface area contributed by atoms with E-state index in [1.807, 2.05) is 6.92 Å². The molecule has 22 heavy (non-hydrogen) atoms. The third-order valence-electron chi connectivity index (χ3n) is 3.79. The molecule has 1 N–H and O–H groups in total. The molecule has 0 bridgehead atoms. The monoisotopic (exact) mass is 317 g/mol. The number of carbonyl (C=O) groups is 1. The summed E-state index contributed by atoms with van der Waals surface area (Å²) in [6.45, 7) is 2.54. The second-order valence-corrected chi connectivity index (χ2v) is 5.79. The predicted octanol–water partition coefficient (Wildman–Crippen LogP) is 2.32. The summed E-state index contributed by atoms with van der Waals surface area (Å²) in [7, 11) is 0. The summed E-state index contributed by atoms with van der Waals surface area (Å²) in [5.41, 5.74) is 0.153. The third-order valence-corrected chi connectivity index (χ3v) is 4.03. The minimum absolute atomic E-state index is 0.0766. The molecule has 0 saturated carbocycles. The molecule has 0 fully saturated rings. The Bertz CT molecular complexity index is 708. The molecule has 1 unspecified atom stereocenters. The van der Waals surface area contributed by atoms with Gasteiger partial charge in [0.25, 0.3) is 5.91 Å². The zero-order chi connectivity index (χ0) is 15.7. The van der Waals surface area contributed by atoms with Gasteiger partial charge in [-0.05, 0) is 24.6 Å². The van der Waals surface area contributed by atoms with Crippen LogP contribution in [0.5, 0.6) is 0 Å². The maximum absolute atomic E-state index is 12.8. The van der Waals surface area contributed by atoms with Crippen LogP contribution in [0.15, 0.2) is 36.8 Å². The lowest BCUT2D eigenvalue weighted by atomic mass is 9.90. The van der Waals surface area contributed by atoms with E-state index in [1.165, 1.54) is 0 Å². The van der Waals surface area contributed by atoms with Crippen molar-refractivity contribution in [3.8, 4) is 0 Å². The first-order valence-electron chi connectivity index (χ1n) is 7.15. The number of benzene rings is 1. The molecule has 3 rings (SSSR count). The SMILES string of the molecule is CCCN1C(=O)C(O)(Cc2cnccn2)c2cc(Cl)ccc21. The van der Waals surface area contributed by atoms with Gasteiger partial charge >= 0.3 is 0 Å². The third kappa shape index (κ3) is 2.36.